The fourth-order valence-electron chi connectivity index (χ4n) is 3.09. The number of aliphatic imine (C=N–C) groups is 1. The molecular weight excluding hydrogens is 497 g/mol. The molecule has 1 saturated heterocycles. The summed E-state index contributed by atoms with van der Waals surface area (Å²) in [7, 11) is 1.79. The van der Waals surface area contributed by atoms with Gasteiger partial charge < -0.3 is 20.3 Å². The van der Waals surface area contributed by atoms with Crippen molar-refractivity contribution in [3.05, 3.63) is 18.5 Å². The number of hydrogen-bond acceptors (Lipinski definition) is 5. The summed E-state index contributed by atoms with van der Waals surface area (Å²) >= 11 is 0. The number of guanidine groups is 1. The lowest BCUT2D eigenvalue weighted by atomic mass is 10.2. The highest BCUT2D eigenvalue weighted by Crippen LogP contribution is 2.11. The molecule has 30 heavy (non-hydrogen) atoms. The number of carbonyl (C=O) groups is 1. The molecule has 2 rings (SSSR count). The second-order valence-electron chi connectivity index (χ2n) is 8.21. The number of nitrogens with one attached hydrogen (secondary N) is 2. The zero-order valence-corrected chi connectivity index (χ0v) is 21.1. The molecule has 1 aliphatic rings. The molecule has 1 aliphatic heterocycles. The van der Waals surface area contributed by atoms with E-state index in [1.807, 2.05) is 37.7 Å². The first-order valence-corrected chi connectivity index (χ1v) is 10.5. The molecule has 0 unspecified atom stereocenters. The van der Waals surface area contributed by atoms with Gasteiger partial charge in [-0.25, -0.2) is 4.79 Å². The standard InChI is InChI=1S/C20H37N7O2.HI/c1-20(2,3)29-19(28)26-16-14-25(15-17-26)11-5-8-22-18(21-4)23-9-6-12-27-13-7-10-24-27;/h7,10,13H,5-6,8-9,11-12,14-17H2,1-4H3,(H2,21,22,23);1H. The summed E-state index contributed by atoms with van der Waals surface area (Å²) in [6, 6.07) is 1.94. The van der Waals surface area contributed by atoms with E-state index in [4.69, 9.17) is 4.74 Å². The van der Waals surface area contributed by atoms with Crippen LogP contribution < -0.4 is 10.6 Å². The molecule has 0 atom stereocenters. The van der Waals surface area contributed by atoms with Crippen LogP contribution in [-0.4, -0.2) is 90.1 Å². The molecule has 0 bridgehead atoms. The lowest BCUT2D eigenvalue weighted by Crippen LogP contribution is -2.50. The van der Waals surface area contributed by atoms with Crippen LogP contribution >= 0.6 is 24.0 Å². The minimum Gasteiger partial charge on any atom is -0.444 e. The Labute approximate surface area is 197 Å². The summed E-state index contributed by atoms with van der Waals surface area (Å²) in [4.78, 5) is 20.6. The second kappa shape index (κ2) is 13.7. The summed E-state index contributed by atoms with van der Waals surface area (Å²) in [6.07, 6.45) is 5.58. The quantitative estimate of drug-likeness (QED) is 0.229. The average molecular weight is 535 g/mol. The number of aryl methyl sites for hydroxylation is 1. The number of nitrogens with zero attached hydrogens (tertiary/aromatic N) is 5. The summed E-state index contributed by atoms with van der Waals surface area (Å²) in [5.41, 5.74) is -0.439. The third kappa shape index (κ3) is 10.5. The topological polar surface area (TPSA) is 87.0 Å². The van der Waals surface area contributed by atoms with Crippen molar-refractivity contribution in [2.75, 3.05) is 52.9 Å². The van der Waals surface area contributed by atoms with E-state index < -0.39 is 5.60 Å². The zero-order chi connectivity index (χ0) is 21.1. The molecule has 172 valence electrons. The van der Waals surface area contributed by atoms with Crippen LogP contribution in [0.5, 0.6) is 0 Å². The number of aromatic nitrogens is 2. The molecule has 0 aromatic carbocycles. The van der Waals surface area contributed by atoms with Crippen molar-refractivity contribution in [2.24, 2.45) is 4.99 Å². The van der Waals surface area contributed by atoms with Gasteiger partial charge in [-0.05, 0) is 46.2 Å². The van der Waals surface area contributed by atoms with Crippen molar-refractivity contribution in [1.82, 2.24) is 30.2 Å². The maximum absolute atomic E-state index is 12.1. The minimum atomic E-state index is -0.439. The number of piperazine rings is 1. The van der Waals surface area contributed by atoms with Crippen molar-refractivity contribution >= 4 is 36.0 Å². The normalized spacial score (nSPS) is 15.5. The SMILES string of the molecule is CN=C(NCCCN1CCN(C(=O)OC(C)(C)C)CC1)NCCCn1cccn1.I. The maximum atomic E-state index is 12.1. The predicted octanol–water partition coefficient (Wildman–Crippen LogP) is 2.00. The molecule has 0 spiro atoms. The number of hydrogen-bond donors (Lipinski definition) is 2. The highest BCUT2D eigenvalue weighted by atomic mass is 127. The molecule has 1 aromatic rings. The van der Waals surface area contributed by atoms with Crippen LogP contribution in [0.3, 0.4) is 0 Å². The number of halogens is 1. The maximum Gasteiger partial charge on any atom is 0.410 e. The Morgan fingerprint density at radius 1 is 1.10 bits per heavy atom. The highest BCUT2D eigenvalue weighted by molar-refractivity contribution is 14.0. The van der Waals surface area contributed by atoms with E-state index >= 15 is 0 Å². The van der Waals surface area contributed by atoms with Gasteiger partial charge in [0.05, 0.1) is 0 Å². The number of ether oxygens (including phenoxy) is 1. The Hall–Kier alpha value is -1.56. The number of rotatable bonds is 8. The average Bonchev–Trinajstić information content (AvgIpc) is 3.19. The van der Waals surface area contributed by atoms with E-state index in [9.17, 15) is 4.79 Å². The van der Waals surface area contributed by atoms with Gasteiger partial charge in [-0.3, -0.25) is 14.6 Å². The molecule has 2 N–H and O–H groups in total. The van der Waals surface area contributed by atoms with Crippen molar-refractivity contribution < 1.29 is 9.53 Å². The van der Waals surface area contributed by atoms with Gasteiger partial charge in [0.1, 0.15) is 5.60 Å². The Bertz CT molecular complexity index is 624. The van der Waals surface area contributed by atoms with E-state index in [2.05, 4.69) is 25.6 Å². The fraction of sp³-hybridized carbons (Fsp3) is 0.750. The van der Waals surface area contributed by atoms with Gasteiger partial charge in [-0.2, -0.15) is 5.10 Å². The first-order chi connectivity index (χ1) is 13.9. The lowest BCUT2D eigenvalue weighted by molar-refractivity contribution is 0.0145. The van der Waals surface area contributed by atoms with Crippen LogP contribution in [0.4, 0.5) is 4.79 Å². The van der Waals surface area contributed by atoms with E-state index in [-0.39, 0.29) is 30.1 Å². The molecule has 9 nitrogen and oxygen atoms in total. The Balaban J connectivity index is 0.00000450. The largest absolute Gasteiger partial charge is 0.444 e. The van der Waals surface area contributed by atoms with Crippen LogP contribution in [0, 0.1) is 0 Å². The van der Waals surface area contributed by atoms with Gasteiger partial charge in [0.2, 0.25) is 0 Å². The summed E-state index contributed by atoms with van der Waals surface area (Å²) in [5.74, 6) is 0.834. The van der Waals surface area contributed by atoms with Gasteiger partial charge in [0.15, 0.2) is 5.96 Å². The van der Waals surface area contributed by atoms with Gasteiger partial charge in [-0.15, -0.1) is 24.0 Å². The summed E-state index contributed by atoms with van der Waals surface area (Å²) in [6.45, 7) is 12.5. The molecule has 0 radical (unpaired) electrons. The van der Waals surface area contributed by atoms with Crippen LogP contribution in [0.2, 0.25) is 0 Å². The number of amides is 1. The summed E-state index contributed by atoms with van der Waals surface area (Å²) < 4.78 is 7.38. The van der Waals surface area contributed by atoms with Gasteiger partial charge in [0, 0.05) is 65.3 Å². The van der Waals surface area contributed by atoms with Gasteiger partial charge in [-0.1, -0.05) is 0 Å². The van der Waals surface area contributed by atoms with Crippen molar-refractivity contribution in [3.63, 3.8) is 0 Å². The highest BCUT2D eigenvalue weighted by Gasteiger charge is 2.25. The van der Waals surface area contributed by atoms with Crippen LogP contribution in [0.1, 0.15) is 33.6 Å². The fourth-order valence-corrected chi connectivity index (χ4v) is 3.09. The van der Waals surface area contributed by atoms with Crippen molar-refractivity contribution in [2.45, 2.75) is 45.8 Å². The van der Waals surface area contributed by atoms with Gasteiger partial charge in [0.25, 0.3) is 0 Å². The second-order valence-corrected chi connectivity index (χ2v) is 8.21. The molecule has 1 amide bonds. The lowest BCUT2D eigenvalue weighted by Gasteiger charge is -2.35. The molecule has 0 aliphatic carbocycles. The summed E-state index contributed by atoms with van der Waals surface area (Å²) in [5, 5.41) is 10.9. The van der Waals surface area contributed by atoms with Crippen molar-refractivity contribution in [1.29, 1.82) is 0 Å². The Kier molecular flexibility index (Phi) is 12.1. The smallest absolute Gasteiger partial charge is 0.410 e. The Morgan fingerprint density at radius 3 is 2.27 bits per heavy atom. The van der Waals surface area contributed by atoms with Crippen LogP contribution in [-0.2, 0) is 11.3 Å². The molecular formula is C20H38IN7O2. The number of carbonyl (C=O) groups excluding carboxylic acids is 1. The third-order valence-corrected chi connectivity index (χ3v) is 4.61. The first kappa shape index (κ1) is 26.5. The molecule has 10 heteroatoms. The van der Waals surface area contributed by atoms with Crippen LogP contribution in [0.15, 0.2) is 23.5 Å². The molecule has 0 saturated carbocycles. The van der Waals surface area contributed by atoms with Crippen molar-refractivity contribution in [3.8, 4) is 0 Å². The van der Waals surface area contributed by atoms with E-state index in [0.29, 0.717) is 0 Å². The van der Waals surface area contributed by atoms with E-state index in [1.54, 1.807) is 18.1 Å². The molecule has 1 aromatic heterocycles. The zero-order valence-electron chi connectivity index (χ0n) is 18.8. The first-order valence-electron chi connectivity index (χ1n) is 10.5. The van der Waals surface area contributed by atoms with Gasteiger partial charge >= 0.3 is 6.09 Å². The third-order valence-electron chi connectivity index (χ3n) is 4.61. The molecule has 1 fully saturated rings. The monoisotopic (exact) mass is 535 g/mol. The Morgan fingerprint density at radius 2 is 1.73 bits per heavy atom. The van der Waals surface area contributed by atoms with Crippen LogP contribution in [0.25, 0.3) is 0 Å². The van der Waals surface area contributed by atoms with E-state index in [0.717, 1.165) is 71.2 Å². The predicted molar refractivity (Wildman–Crippen MR) is 130 cm³/mol. The minimum absolute atomic E-state index is 0. The van der Waals surface area contributed by atoms with E-state index in [1.165, 1.54) is 0 Å². The molecule has 2 heterocycles.